The van der Waals surface area contributed by atoms with Gasteiger partial charge >= 0.3 is 0 Å². The average molecular weight is 386 g/mol. The molecule has 0 aromatic heterocycles. The van der Waals surface area contributed by atoms with E-state index in [4.69, 9.17) is 4.74 Å². The van der Waals surface area contributed by atoms with Crippen LogP contribution in [-0.2, 0) is 4.74 Å². The van der Waals surface area contributed by atoms with Crippen molar-refractivity contribution in [1.82, 2.24) is 0 Å². The topological polar surface area (TPSA) is 15.5 Å². The summed E-state index contributed by atoms with van der Waals surface area (Å²) in [7, 11) is 8.18. The molecule has 1 aliphatic heterocycles. The maximum Gasteiger partial charge on any atom is 0.199 e. The minimum Gasteiger partial charge on any atom is -0.462 e. The maximum atomic E-state index is 5.86. The third-order valence-electron chi connectivity index (χ3n) is 4.68. The van der Waals surface area contributed by atoms with E-state index in [0.717, 1.165) is 22.7 Å². The van der Waals surface area contributed by atoms with Gasteiger partial charge in [-0.1, -0.05) is 30.4 Å². The van der Waals surface area contributed by atoms with Crippen LogP contribution in [0.5, 0.6) is 0 Å². The summed E-state index contributed by atoms with van der Waals surface area (Å²) in [4.78, 5) is 2.10. The van der Waals surface area contributed by atoms with Crippen molar-refractivity contribution in [2.45, 2.75) is 6.92 Å². The summed E-state index contributed by atoms with van der Waals surface area (Å²) in [6.45, 7) is 1.98. The molecule has 0 atom stereocenters. The number of hydrogen-bond acceptors (Lipinski definition) is 2. The quantitative estimate of drug-likeness (QED) is 0.656. The van der Waals surface area contributed by atoms with Gasteiger partial charge in [0.1, 0.15) is 25.6 Å². The van der Waals surface area contributed by atoms with Gasteiger partial charge in [0.25, 0.3) is 0 Å². The molecule has 0 saturated carbocycles. The molecule has 0 amide bonds. The molecule has 1 aliphatic carbocycles. The fourth-order valence-corrected chi connectivity index (χ4v) is 3.00. The van der Waals surface area contributed by atoms with Crippen molar-refractivity contribution in [1.29, 1.82) is 0 Å². The van der Waals surface area contributed by atoms with Gasteiger partial charge in [-0.05, 0) is 66.1 Å². The molecule has 0 spiro atoms. The Bertz CT molecular complexity index is 985. The molecule has 1 heterocycles. The second kappa shape index (κ2) is 9.24. The van der Waals surface area contributed by atoms with E-state index in [1.807, 2.05) is 47.3 Å². The number of hydrogen-bond donors (Lipinski definition) is 0. The van der Waals surface area contributed by atoms with Gasteiger partial charge in [-0.25, -0.2) is 4.58 Å². The third kappa shape index (κ3) is 5.82. The van der Waals surface area contributed by atoms with E-state index in [9.17, 15) is 0 Å². The molecule has 148 valence electrons. The van der Waals surface area contributed by atoms with Crippen LogP contribution in [0.4, 0.5) is 5.69 Å². The lowest BCUT2D eigenvalue weighted by molar-refractivity contribution is -0.462. The number of benzene rings is 1. The minimum atomic E-state index is 0.837. The van der Waals surface area contributed by atoms with Gasteiger partial charge in [-0.2, -0.15) is 0 Å². The number of ether oxygens (including phenoxy) is 1. The molecule has 1 aromatic carbocycles. The van der Waals surface area contributed by atoms with Crippen molar-refractivity contribution in [3.63, 3.8) is 0 Å². The summed E-state index contributed by atoms with van der Waals surface area (Å²) in [5, 5.41) is 0. The molecule has 29 heavy (non-hydrogen) atoms. The largest absolute Gasteiger partial charge is 0.462 e. The first kappa shape index (κ1) is 20.4. The Hall–Kier alpha value is -3.33. The van der Waals surface area contributed by atoms with Gasteiger partial charge in [-0.15, -0.1) is 0 Å². The zero-order chi connectivity index (χ0) is 20.8. The van der Waals surface area contributed by atoms with Crippen LogP contribution in [0.25, 0.3) is 6.08 Å². The van der Waals surface area contributed by atoms with E-state index in [-0.39, 0.29) is 0 Å². The van der Waals surface area contributed by atoms with Gasteiger partial charge < -0.3 is 9.64 Å². The molecule has 3 rings (SSSR count). The fourth-order valence-electron chi connectivity index (χ4n) is 3.00. The first-order chi connectivity index (χ1) is 13.9. The monoisotopic (exact) mass is 385 g/mol. The van der Waals surface area contributed by atoms with Crippen LogP contribution < -0.4 is 4.90 Å². The molecular formula is C26H29N2O+. The Morgan fingerprint density at radius 3 is 2.17 bits per heavy atom. The summed E-state index contributed by atoms with van der Waals surface area (Å²) in [6.07, 6.45) is 20.9. The summed E-state index contributed by atoms with van der Waals surface area (Å²) in [6, 6.07) is 8.51. The second-order valence-corrected chi connectivity index (χ2v) is 7.54. The van der Waals surface area contributed by atoms with Gasteiger partial charge in [0.2, 0.25) is 0 Å². The molecule has 0 radical (unpaired) electrons. The van der Waals surface area contributed by atoms with Crippen LogP contribution in [0, 0.1) is 0 Å². The Labute approximate surface area is 174 Å². The highest BCUT2D eigenvalue weighted by Gasteiger charge is 2.06. The van der Waals surface area contributed by atoms with Crippen molar-refractivity contribution in [3.05, 3.63) is 107 Å². The highest BCUT2D eigenvalue weighted by Crippen LogP contribution is 2.22. The molecule has 1 aromatic rings. The average Bonchev–Trinajstić information content (AvgIpc) is 2.71. The second-order valence-electron chi connectivity index (χ2n) is 7.54. The van der Waals surface area contributed by atoms with Crippen molar-refractivity contribution < 1.29 is 9.31 Å². The van der Waals surface area contributed by atoms with Gasteiger partial charge in [0.05, 0.1) is 0 Å². The van der Waals surface area contributed by atoms with Crippen LogP contribution in [0.3, 0.4) is 0 Å². The number of nitrogens with zero attached hydrogens (tertiary/aromatic N) is 2. The van der Waals surface area contributed by atoms with E-state index in [0.29, 0.717) is 0 Å². The van der Waals surface area contributed by atoms with Crippen molar-refractivity contribution in [3.8, 4) is 0 Å². The van der Waals surface area contributed by atoms with E-state index in [1.54, 1.807) is 0 Å². The van der Waals surface area contributed by atoms with Crippen molar-refractivity contribution in [2.75, 3.05) is 33.1 Å². The Kier molecular flexibility index (Phi) is 6.50. The number of rotatable bonds is 4. The standard InChI is InChI=1S/C26H29N2O/c1-20-18-23(7-6-21-8-13-24(14-9-21)27(2)3)19-26(29-20)17-12-22-10-15-25(16-11-22)28(4)5/h6-19H,1-5H3/q+1. The van der Waals surface area contributed by atoms with Gasteiger partial charge in [-0.3, -0.25) is 0 Å². The summed E-state index contributed by atoms with van der Waals surface area (Å²) < 4.78 is 7.95. The zero-order valence-corrected chi connectivity index (χ0v) is 17.9. The Balaban J connectivity index is 1.74. The molecule has 0 unspecified atom stereocenters. The smallest absolute Gasteiger partial charge is 0.199 e. The third-order valence-corrected chi connectivity index (χ3v) is 4.68. The molecule has 2 aliphatic rings. The Morgan fingerprint density at radius 1 is 0.862 bits per heavy atom. The zero-order valence-electron chi connectivity index (χ0n) is 17.9. The molecule has 0 saturated heterocycles. The molecular weight excluding hydrogens is 356 g/mol. The SMILES string of the molecule is CC1=CC(/C=C/c2ccc(N(C)C)cc2)=CC(=C/C=C2C=CC(=[N+](C)C)C=C2)/O1. The van der Waals surface area contributed by atoms with Crippen molar-refractivity contribution >= 4 is 17.5 Å². The van der Waals surface area contributed by atoms with Crippen LogP contribution in [0.15, 0.2) is 102 Å². The lowest BCUT2D eigenvalue weighted by atomic mass is 10.1. The molecule has 3 heteroatoms. The normalized spacial score (nSPS) is 17.3. The molecule has 0 N–H and O–H groups in total. The predicted octanol–water partition coefficient (Wildman–Crippen LogP) is 5.28. The van der Waals surface area contributed by atoms with E-state index in [1.165, 1.54) is 17.0 Å². The van der Waals surface area contributed by atoms with Crippen LogP contribution in [-0.4, -0.2) is 38.5 Å². The lowest BCUT2D eigenvalue weighted by Gasteiger charge is -2.13. The highest BCUT2D eigenvalue weighted by molar-refractivity contribution is 6.02. The maximum absolute atomic E-state index is 5.86. The molecule has 3 nitrogen and oxygen atoms in total. The Morgan fingerprint density at radius 2 is 1.55 bits per heavy atom. The molecule has 0 bridgehead atoms. The molecule has 0 fully saturated rings. The number of allylic oxidation sites excluding steroid dienone is 12. The van der Waals surface area contributed by atoms with Gasteiger partial charge in [0, 0.05) is 31.9 Å². The fraction of sp³-hybridized carbons (Fsp3) is 0.192. The van der Waals surface area contributed by atoms with Gasteiger partial charge in [0.15, 0.2) is 5.71 Å². The highest BCUT2D eigenvalue weighted by atomic mass is 16.5. The summed E-state index contributed by atoms with van der Waals surface area (Å²) in [5.41, 5.74) is 5.82. The van der Waals surface area contributed by atoms with Crippen LogP contribution in [0.2, 0.25) is 0 Å². The van der Waals surface area contributed by atoms with E-state index >= 15 is 0 Å². The van der Waals surface area contributed by atoms with E-state index < -0.39 is 0 Å². The number of anilines is 1. The summed E-state index contributed by atoms with van der Waals surface area (Å²) in [5.74, 6) is 1.72. The lowest BCUT2D eigenvalue weighted by Crippen LogP contribution is -2.09. The first-order valence-corrected chi connectivity index (χ1v) is 9.76. The summed E-state index contributed by atoms with van der Waals surface area (Å²) >= 11 is 0. The van der Waals surface area contributed by atoms with Crippen LogP contribution in [0.1, 0.15) is 12.5 Å². The predicted molar refractivity (Wildman–Crippen MR) is 124 cm³/mol. The van der Waals surface area contributed by atoms with Crippen LogP contribution >= 0.6 is 0 Å². The van der Waals surface area contributed by atoms with Crippen molar-refractivity contribution in [2.24, 2.45) is 0 Å². The minimum absolute atomic E-state index is 0.837. The van der Waals surface area contributed by atoms with E-state index in [2.05, 4.69) is 82.3 Å². The first-order valence-electron chi connectivity index (χ1n) is 9.76.